The summed E-state index contributed by atoms with van der Waals surface area (Å²) in [7, 11) is 0. The molecule has 4 rings (SSSR count). The molecule has 0 aliphatic carbocycles. The molecule has 0 bridgehead atoms. The van der Waals surface area contributed by atoms with Gasteiger partial charge in [-0.25, -0.2) is 0 Å². The van der Waals surface area contributed by atoms with E-state index in [1.807, 2.05) is 36.4 Å². The van der Waals surface area contributed by atoms with Gasteiger partial charge in [0, 0.05) is 24.4 Å². The lowest BCUT2D eigenvalue weighted by Crippen LogP contribution is -2.20. The molecule has 6 heteroatoms. The molecular formula is C20H16N2O4. The third kappa shape index (κ3) is 3.44. The van der Waals surface area contributed by atoms with Crippen molar-refractivity contribution in [3.8, 4) is 23.0 Å². The van der Waals surface area contributed by atoms with Crippen molar-refractivity contribution in [1.29, 1.82) is 0 Å². The molecule has 3 aromatic rings. The van der Waals surface area contributed by atoms with Crippen LogP contribution in [0.25, 0.3) is 17.5 Å². The number of nitrogens with one attached hydrogen (secondary N) is 1. The molecule has 0 unspecified atom stereocenters. The second-order valence-electron chi connectivity index (χ2n) is 5.65. The van der Waals surface area contributed by atoms with Crippen molar-refractivity contribution in [2.45, 2.75) is 6.54 Å². The van der Waals surface area contributed by atoms with Crippen LogP contribution in [0.1, 0.15) is 11.1 Å². The van der Waals surface area contributed by atoms with E-state index in [2.05, 4.69) is 10.3 Å². The topological polar surface area (TPSA) is 73.6 Å². The Morgan fingerprint density at radius 3 is 2.96 bits per heavy atom. The van der Waals surface area contributed by atoms with Gasteiger partial charge in [-0.15, -0.1) is 0 Å². The lowest BCUT2D eigenvalue weighted by atomic mass is 10.1. The second-order valence-corrected chi connectivity index (χ2v) is 5.65. The fraction of sp³-hybridized carbons (Fsp3) is 0.100. The minimum absolute atomic E-state index is 0.197. The number of aromatic nitrogens is 1. The fourth-order valence-corrected chi connectivity index (χ4v) is 2.65. The molecule has 1 aliphatic rings. The average molecular weight is 348 g/mol. The number of hydrogen-bond acceptors (Lipinski definition) is 5. The highest BCUT2D eigenvalue weighted by Crippen LogP contribution is 2.32. The van der Waals surface area contributed by atoms with E-state index in [1.165, 1.54) is 6.08 Å². The number of benzene rings is 1. The summed E-state index contributed by atoms with van der Waals surface area (Å²) in [6.45, 7) is 0.584. The van der Waals surface area contributed by atoms with Crippen molar-refractivity contribution in [2.75, 3.05) is 6.79 Å². The average Bonchev–Trinajstić information content (AvgIpc) is 3.36. The Bertz CT molecular complexity index is 948. The molecule has 0 saturated heterocycles. The zero-order valence-electron chi connectivity index (χ0n) is 13.8. The quantitative estimate of drug-likeness (QED) is 0.716. The first-order valence-electron chi connectivity index (χ1n) is 8.13. The maximum atomic E-state index is 12.1. The summed E-state index contributed by atoms with van der Waals surface area (Å²) in [4.78, 5) is 16.5. The van der Waals surface area contributed by atoms with Gasteiger partial charge in [0.1, 0.15) is 5.69 Å². The number of carbonyl (C=O) groups excluding carboxylic acids is 1. The highest BCUT2D eigenvalue weighted by molar-refractivity contribution is 5.91. The van der Waals surface area contributed by atoms with Crippen molar-refractivity contribution in [1.82, 2.24) is 10.3 Å². The summed E-state index contributed by atoms with van der Waals surface area (Å²) >= 11 is 0. The molecule has 0 fully saturated rings. The Morgan fingerprint density at radius 2 is 2.08 bits per heavy atom. The van der Waals surface area contributed by atoms with Crippen LogP contribution in [0.2, 0.25) is 0 Å². The molecule has 1 amide bonds. The predicted octanol–water partition coefficient (Wildman–Crippen LogP) is 3.40. The number of amides is 1. The largest absolute Gasteiger partial charge is 0.463 e. The smallest absolute Gasteiger partial charge is 0.244 e. The number of carbonyl (C=O) groups is 1. The van der Waals surface area contributed by atoms with Crippen molar-refractivity contribution < 1.29 is 18.7 Å². The SMILES string of the molecule is O=C(/C=C/c1ccc2c(c1)OCO2)NCc1cccnc1-c1ccco1. The Morgan fingerprint density at radius 1 is 1.15 bits per heavy atom. The van der Waals surface area contributed by atoms with Crippen LogP contribution >= 0.6 is 0 Å². The van der Waals surface area contributed by atoms with Gasteiger partial charge < -0.3 is 19.2 Å². The first-order valence-corrected chi connectivity index (χ1v) is 8.13. The van der Waals surface area contributed by atoms with Crippen LogP contribution in [0.4, 0.5) is 0 Å². The molecule has 0 atom stereocenters. The normalized spacial score (nSPS) is 12.5. The molecule has 1 aromatic carbocycles. The van der Waals surface area contributed by atoms with Gasteiger partial charge in [0.05, 0.1) is 6.26 Å². The molecule has 130 valence electrons. The predicted molar refractivity (Wildman–Crippen MR) is 95.4 cm³/mol. The maximum absolute atomic E-state index is 12.1. The van der Waals surface area contributed by atoms with E-state index in [4.69, 9.17) is 13.9 Å². The van der Waals surface area contributed by atoms with Gasteiger partial charge in [-0.2, -0.15) is 0 Å². The summed E-state index contributed by atoms with van der Waals surface area (Å²) < 4.78 is 16.0. The summed E-state index contributed by atoms with van der Waals surface area (Å²) in [6.07, 6.45) is 6.51. The Kier molecular flexibility index (Phi) is 4.38. The maximum Gasteiger partial charge on any atom is 0.244 e. The molecule has 1 aliphatic heterocycles. The zero-order chi connectivity index (χ0) is 17.8. The molecule has 3 heterocycles. The first kappa shape index (κ1) is 16.0. The highest BCUT2D eigenvalue weighted by Gasteiger charge is 2.12. The third-order valence-corrected chi connectivity index (χ3v) is 3.92. The number of fused-ring (bicyclic) bond motifs is 1. The van der Waals surface area contributed by atoms with E-state index in [9.17, 15) is 4.79 Å². The van der Waals surface area contributed by atoms with Gasteiger partial charge in [0.25, 0.3) is 0 Å². The molecule has 26 heavy (non-hydrogen) atoms. The molecule has 6 nitrogen and oxygen atoms in total. The Balaban J connectivity index is 1.40. The van der Waals surface area contributed by atoms with Crippen LogP contribution < -0.4 is 14.8 Å². The standard InChI is InChI=1S/C20H16N2O4/c23-19(8-6-14-5-7-16-18(11-14)26-13-25-16)22-12-15-3-1-9-21-20(15)17-4-2-10-24-17/h1-11H,12-13H2,(H,22,23)/b8-6+. The van der Waals surface area contributed by atoms with Crippen molar-refractivity contribution >= 4 is 12.0 Å². The molecule has 0 radical (unpaired) electrons. The number of furan rings is 1. The van der Waals surface area contributed by atoms with Crippen LogP contribution in [-0.2, 0) is 11.3 Å². The summed E-state index contributed by atoms with van der Waals surface area (Å²) in [5.41, 5.74) is 2.46. The summed E-state index contributed by atoms with van der Waals surface area (Å²) in [6, 6.07) is 12.9. The summed E-state index contributed by atoms with van der Waals surface area (Å²) in [5, 5.41) is 2.86. The number of rotatable bonds is 5. The lowest BCUT2D eigenvalue weighted by Gasteiger charge is -2.07. The van der Waals surface area contributed by atoms with Crippen molar-refractivity contribution in [2.24, 2.45) is 0 Å². The van der Waals surface area contributed by atoms with E-state index in [1.54, 1.807) is 24.6 Å². The molecule has 1 N–H and O–H groups in total. The third-order valence-electron chi connectivity index (χ3n) is 3.92. The number of ether oxygens (including phenoxy) is 2. The first-order chi connectivity index (χ1) is 12.8. The van der Waals surface area contributed by atoms with E-state index >= 15 is 0 Å². The molecule has 2 aromatic heterocycles. The fourth-order valence-electron chi connectivity index (χ4n) is 2.65. The number of hydrogen-bond donors (Lipinski definition) is 1. The van der Waals surface area contributed by atoms with E-state index < -0.39 is 0 Å². The number of nitrogens with zero attached hydrogens (tertiary/aromatic N) is 1. The van der Waals surface area contributed by atoms with Crippen LogP contribution in [0, 0.1) is 0 Å². The molecule has 0 spiro atoms. The van der Waals surface area contributed by atoms with Gasteiger partial charge in [0.2, 0.25) is 12.7 Å². The van der Waals surface area contributed by atoms with Crippen molar-refractivity contribution in [3.63, 3.8) is 0 Å². The van der Waals surface area contributed by atoms with Crippen LogP contribution in [0.5, 0.6) is 11.5 Å². The monoisotopic (exact) mass is 348 g/mol. The van der Waals surface area contributed by atoms with Gasteiger partial charge in [-0.3, -0.25) is 9.78 Å². The minimum atomic E-state index is -0.197. The van der Waals surface area contributed by atoms with Crippen molar-refractivity contribution in [3.05, 3.63) is 72.1 Å². The molecule has 0 saturated carbocycles. The van der Waals surface area contributed by atoms with Gasteiger partial charge >= 0.3 is 0 Å². The summed E-state index contributed by atoms with van der Waals surface area (Å²) in [5.74, 6) is 1.88. The highest BCUT2D eigenvalue weighted by atomic mass is 16.7. The minimum Gasteiger partial charge on any atom is -0.463 e. The number of pyridine rings is 1. The molecular weight excluding hydrogens is 332 g/mol. The Labute approximate surface area is 150 Å². The van der Waals surface area contributed by atoms with Gasteiger partial charge in [-0.1, -0.05) is 12.1 Å². The van der Waals surface area contributed by atoms with Crippen LogP contribution in [-0.4, -0.2) is 17.7 Å². The van der Waals surface area contributed by atoms with E-state index in [0.29, 0.717) is 23.8 Å². The lowest BCUT2D eigenvalue weighted by molar-refractivity contribution is -0.116. The second kappa shape index (κ2) is 7.14. The van der Waals surface area contributed by atoms with Crippen LogP contribution in [0.3, 0.4) is 0 Å². The van der Waals surface area contributed by atoms with E-state index in [-0.39, 0.29) is 12.7 Å². The zero-order valence-corrected chi connectivity index (χ0v) is 13.8. The van der Waals surface area contributed by atoms with Crippen LogP contribution in [0.15, 0.2) is 65.4 Å². The van der Waals surface area contributed by atoms with E-state index in [0.717, 1.165) is 16.8 Å². The van der Waals surface area contributed by atoms with Gasteiger partial charge in [0.15, 0.2) is 17.3 Å². The Hall–Kier alpha value is -3.54. The van der Waals surface area contributed by atoms with Gasteiger partial charge in [-0.05, 0) is 42.0 Å².